The Morgan fingerprint density at radius 2 is 1.81 bits per heavy atom. The van der Waals surface area contributed by atoms with E-state index in [2.05, 4.69) is 16.4 Å². The Hall–Kier alpha value is -1.85. The molecule has 21 heavy (non-hydrogen) atoms. The first-order valence-corrected chi connectivity index (χ1v) is 6.83. The zero-order valence-electron chi connectivity index (χ0n) is 11.1. The summed E-state index contributed by atoms with van der Waals surface area (Å²) >= 11 is 0.314. The van der Waals surface area contributed by atoms with E-state index in [-0.39, 0.29) is 18.6 Å². The smallest absolute Gasteiger partial charge is 0.362 e. The number of aliphatic carboxylic acids is 2. The first-order chi connectivity index (χ1) is 9.77. The summed E-state index contributed by atoms with van der Waals surface area (Å²) in [5.41, 5.74) is 3.34. The lowest BCUT2D eigenvalue weighted by Gasteiger charge is -2.16. The molecule has 0 fully saturated rings. The minimum absolute atomic E-state index is 0.00308. The zero-order valence-corrected chi connectivity index (χ0v) is 11.9. The number of quaternary nitrogens is 1. The van der Waals surface area contributed by atoms with Crippen LogP contribution in [0.3, 0.4) is 0 Å². The van der Waals surface area contributed by atoms with E-state index in [1.54, 1.807) is 0 Å². The monoisotopic (exact) mass is 324 g/mol. The second-order valence-electron chi connectivity index (χ2n) is 4.10. The highest BCUT2D eigenvalue weighted by Crippen LogP contribution is 2.00. The van der Waals surface area contributed by atoms with Gasteiger partial charge in [-0.25, -0.2) is 4.79 Å². The van der Waals surface area contributed by atoms with Gasteiger partial charge in [-0.05, 0) is 12.0 Å². The first kappa shape index (κ1) is 19.1. The van der Waals surface area contributed by atoms with Crippen molar-refractivity contribution < 1.29 is 39.7 Å². The van der Waals surface area contributed by atoms with Crippen molar-refractivity contribution in [2.75, 3.05) is 12.3 Å². The number of hydrogen-bond donors (Lipinski definition) is 6. The molecule has 0 aliphatic rings. The van der Waals surface area contributed by atoms with Crippen LogP contribution in [-0.2, 0) is 19.2 Å². The molecule has 120 valence electrons. The van der Waals surface area contributed by atoms with Gasteiger partial charge in [-0.15, -0.1) is 0 Å². The SMILES string of the molecule is [NH3+][C@@H](CCC(=O)N[C@@H](CSO)C(=O)NCC(=O)O)C(=O)O. The molecule has 0 unspecified atom stereocenters. The fourth-order valence-corrected chi connectivity index (χ4v) is 1.62. The minimum Gasteiger partial charge on any atom is -0.480 e. The highest BCUT2D eigenvalue weighted by Gasteiger charge is 2.23. The summed E-state index contributed by atoms with van der Waals surface area (Å²) in [6, 6.07) is -2.05. The van der Waals surface area contributed by atoms with Gasteiger partial charge < -0.3 is 31.1 Å². The van der Waals surface area contributed by atoms with E-state index in [1.807, 2.05) is 0 Å². The van der Waals surface area contributed by atoms with Gasteiger partial charge in [-0.3, -0.25) is 14.4 Å². The Kier molecular flexibility index (Phi) is 9.08. The van der Waals surface area contributed by atoms with Crippen LogP contribution in [0, 0.1) is 0 Å². The number of rotatable bonds is 10. The quantitative estimate of drug-likeness (QED) is 0.236. The maximum atomic E-state index is 11.6. The van der Waals surface area contributed by atoms with Gasteiger partial charge in [0.15, 0.2) is 6.04 Å². The summed E-state index contributed by atoms with van der Waals surface area (Å²) in [5.74, 6) is -3.88. The highest BCUT2D eigenvalue weighted by molar-refractivity contribution is 7.93. The molecule has 0 aliphatic heterocycles. The third kappa shape index (κ3) is 8.83. The van der Waals surface area contributed by atoms with Crippen LogP contribution in [0.25, 0.3) is 0 Å². The molecule has 0 aromatic heterocycles. The fraction of sp³-hybridized carbons (Fsp3) is 0.600. The number of carbonyl (C=O) groups is 4. The third-order valence-corrected chi connectivity index (χ3v) is 2.86. The van der Waals surface area contributed by atoms with Gasteiger partial charge in [-0.1, -0.05) is 0 Å². The van der Waals surface area contributed by atoms with E-state index in [9.17, 15) is 19.2 Å². The van der Waals surface area contributed by atoms with Gasteiger partial charge in [-0.2, -0.15) is 0 Å². The molecule has 0 aromatic carbocycles. The van der Waals surface area contributed by atoms with E-state index in [1.165, 1.54) is 0 Å². The van der Waals surface area contributed by atoms with Crippen molar-refractivity contribution >= 4 is 35.8 Å². The summed E-state index contributed by atoms with van der Waals surface area (Å²) in [7, 11) is 0. The molecule has 0 radical (unpaired) electrons. The topological polar surface area (TPSA) is 181 Å². The van der Waals surface area contributed by atoms with Crippen LogP contribution < -0.4 is 16.4 Å². The molecule has 2 atom stereocenters. The molecule has 0 saturated heterocycles. The van der Waals surface area contributed by atoms with Gasteiger partial charge in [0.1, 0.15) is 12.6 Å². The largest absolute Gasteiger partial charge is 0.480 e. The molecule has 10 nitrogen and oxygen atoms in total. The molecular formula is C10H18N3O7S+. The Morgan fingerprint density at radius 3 is 2.29 bits per heavy atom. The molecule has 0 rings (SSSR count). The van der Waals surface area contributed by atoms with E-state index in [4.69, 9.17) is 14.8 Å². The number of carboxylic acids is 2. The summed E-state index contributed by atoms with van der Waals surface area (Å²) < 4.78 is 8.75. The van der Waals surface area contributed by atoms with Crippen molar-refractivity contribution in [3.8, 4) is 0 Å². The highest BCUT2D eigenvalue weighted by atomic mass is 32.2. The van der Waals surface area contributed by atoms with Crippen LogP contribution in [0.1, 0.15) is 12.8 Å². The predicted octanol–water partition coefficient (Wildman–Crippen LogP) is -2.65. The number of carbonyl (C=O) groups excluding carboxylic acids is 2. The van der Waals surface area contributed by atoms with Crippen LogP contribution >= 0.6 is 12.0 Å². The van der Waals surface area contributed by atoms with E-state index < -0.39 is 42.4 Å². The maximum absolute atomic E-state index is 11.6. The molecular weight excluding hydrogens is 306 g/mol. The molecule has 0 aromatic rings. The Labute approximate surface area is 124 Å². The fourth-order valence-electron chi connectivity index (χ4n) is 1.24. The predicted molar refractivity (Wildman–Crippen MR) is 71.2 cm³/mol. The number of carboxylic acid groups (broad SMARTS) is 2. The minimum atomic E-state index is -1.24. The maximum Gasteiger partial charge on any atom is 0.362 e. The second-order valence-corrected chi connectivity index (χ2v) is 4.69. The average molecular weight is 324 g/mol. The van der Waals surface area contributed by atoms with Gasteiger partial charge in [0.05, 0.1) is 0 Å². The third-order valence-electron chi connectivity index (χ3n) is 2.38. The van der Waals surface area contributed by atoms with Crippen molar-refractivity contribution in [2.45, 2.75) is 24.9 Å². The standard InChI is InChI=1S/C10H17N3O7S/c11-5(10(18)19)1-2-7(14)13-6(4-21-20)9(17)12-3-8(15)16/h5-6,20H,1-4,11H2,(H,12,17)(H,13,14)(H,15,16)(H,18,19)/p+1/t5-,6-/m0/s1. The van der Waals surface area contributed by atoms with Crippen molar-refractivity contribution in [1.29, 1.82) is 0 Å². The first-order valence-electron chi connectivity index (χ1n) is 5.89. The number of amides is 2. The molecule has 0 bridgehead atoms. The molecule has 2 amide bonds. The second kappa shape index (κ2) is 9.96. The van der Waals surface area contributed by atoms with E-state index in [0.717, 1.165) is 0 Å². The van der Waals surface area contributed by atoms with Crippen molar-refractivity contribution in [1.82, 2.24) is 10.6 Å². The Balaban J connectivity index is 4.35. The van der Waals surface area contributed by atoms with Gasteiger partial charge in [0, 0.05) is 18.6 Å². The Morgan fingerprint density at radius 1 is 1.19 bits per heavy atom. The van der Waals surface area contributed by atoms with Crippen LogP contribution in [0.5, 0.6) is 0 Å². The summed E-state index contributed by atoms with van der Waals surface area (Å²) in [6.45, 7) is -0.610. The molecule has 0 aliphatic carbocycles. The van der Waals surface area contributed by atoms with E-state index in [0.29, 0.717) is 12.0 Å². The average Bonchev–Trinajstić information content (AvgIpc) is 2.41. The molecule has 0 spiro atoms. The number of nitrogens with one attached hydrogen (secondary N) is 2. The van der Waals surface area contributed by atoms with Crippen molar-refractivity contribution in [3.05, 3.63) is 0 Å². The van der Waals surface area contributed by atoms with Gasteiger partial charge in [0.25, 0.3) is 0 Å². The summed E-state index contributed by atoms with van der Waals surface area (Å²) in [5, 5.41) is 21.4. The van der Waals surface area contributed by atoms with E-state index >= 15 is 0 Å². The van der Waals surface area contributed by atoms with Crippen LogP contribution in [0.15, 0.2) is 0 Å². The molecule has 0 heterocycles. The van der Waals surface area contributed by atoms with Crippen molar-refractivity contribution in [2.24, 2.45) is 0 Å². The summed E-state index contributed by atoms with van der Waals surface area (Å²) in [6.07, 6.45) is -0.157. The van der Waals surface area contributed by atoms with Crippen molar-refractivity contribution in [3.63, 3.8) is 0 Å². The van der Waals surface area contributed by atoms with Crippen LogP contribution in [0.4, 0.5) is 0 Å². The molecule has 0 saturated carbocycles. The lowest BCUT2D eigenvalue weighted by molar-refractivity contribution is -0.408. The van der Waals surface area contributed by atoms with Gasteiger partial charge in [0.2, 0.25) is 11.8 Å². The van der Waals surface area contributed by atoms with Crippen LogP contribution in [-0.4, -0.2) is 62.9 Å². The molecule has 8 N–H and O–H groups in total. The van der Waals surface area contributed by atoms with Gasteiger partial charge >= 0.3 is 11.9 Å². The Bertz CT molecular complexity index is 404. The summed E-state index contributed by atoms with van der Waals surface area (Å²) in [4.78, 5) is 44.1. The number of hydrogen-bond acceptors (Lipinski definition) is 6. The van der Waals surface area contributed by atoms with Crippen LogP contribution in [0.2, 0.25) is 0 Å². The lowest BCUT2D eigenvalue weighted by Crippen LogP contribution is -2.65. The zero-order chi connectivity index (χ0) is 16.4. The normalized spacial score (nSPS) is 13.0. The lowest BCUT2D eigenvalue weighted by atomic mass is 10.1. The molecule has 11 heteroatoms.